The minimum atomic E-state index is -4.71. The molecule has 2 heterocycles. The van der Waals surface area contributed by atoms with Crippen LogP contribution >= 0.6 is 22.9 Å². The lowest BCUT2D eigenvalue weighted by Crippen LogP contribution is -2.17. The lowest BCUT2D eigenvalue weighted by molar-refractivity contribution is -0.274. The van der Waals surface area contributed by atoms with Gasteiger partial charge in [0.1, 0.15) is 10.6 Å². The van der Waals surface area contributed by atoms with Crippen LogP contribution in [0.1, 0.15) is 32.7 Å². The van der Waals surface area contributed by atoms with Crippen LogP contribution < -0.4 is 10.1 Å². The van der Waals surface area contributed by atoms with E-state index in [1.807, 2.05) is 6.92 Å². The number of aromatic nitrogens is 3. The van der Waals surface area contributed by atoms with E-state index in [4.69, 9.17) is 0 Å². The molecule has 0 aliphatic rings. The summed E-state index contributed by atoms with van der Waals surface area (Å²) in [6.07, 6.45) is -2.01. The molecular weight excluding hydrogens is 401 g/mol. The molecule has 0 saturated carbocycles. The molecular formula is C16H13F3N4O2S2. The van der Waals surface area contributed by atoms with Gasteiger partial charge in [0.05, 0.1) is 5.69 Å². The third-order valence-corrected chi connectivity index (χ3v) is 5.09. The van der Waals surface area contributed by atoms with Crippen molar-refractivity contribution >= 4 is 33.9 Å². The van der Waals surface area contributed by atoms with Gasteiger partial charge in [-0.15, -0.1) is 29.6 Å². The molecule has 3 rings (SSSR count). The van der Waals surface area contributed by atoms with Crippen LogP contribution in [-0.2, 0) is 12.8 Å². The Labute approximate surface area is 160 Å². The molecule has 0 aliphatic carbocycles. The van der Waals surface area contributed by atoms with Crippen molar-refractivity contribution in [1.29, 1.82) is 0 Å². The first kappa shape index (κ1) is 19.2. The van der Waals surface area contributed by atoms with E-state index in [1.54, 1.807) is 18.3 Å². The van der Waals surface area contributed by atoms with Crippen molar-refractivity contribution in [2.75, 3.05) is 5.32 Å². The molecule has 0 radical (unpaired) electrons. The summed E-state index contributed by atoms with van der Waals surface area (Å²) in [5.74, 6) is -0.579. The number of hydrogen-bond acceptors (Lipinski definition) is 7. The molecule has 1 N–H and O–H groups in total. The average molecular weight is 414 g/mol. The molecule has 1 amide bonds. The van der Waals surface area contributed by atoms with Crippen LogP contribution in [0.5, 0.6) is 5.75 Å². The molecule has 0 fully saturated rings. The third kappa shape index (κ3) is 5.23. The Hall–Kier alpha value is -2.53. The van der Waals surface area contributed by atoms with Gasteiger partial charge in [-0.1, -0.05) is 23.5 Å². The number of benzene rings is 1. The molecule has 3 aromatic rings. The molecule has 0 saturated heterocycles. The largest absolute Gasteiger partial charge is 0.573 e. The first-order valence-corrected chi connectivity index (χ1v) is 9.35. The fourth-order valence-electron chi connectivity index (χ4n) is 2.22. The molecule has 1 aromatic carbocycles. The van der Waals surface area contributed by atoms with E-state index in [0.29, 0.717) is 28.5 Å². The summed E-state index contributed by atoms with van der Waals surface area (Å²) < 4.78 is 44.1. The van der Waals surface area contributed by atoms with E-state index in [1.165, 1.54) is 23.5 Å². The lowest BCUT2D eigenvalue weighted by atomic mass is 10.1. The number of halogens is 3. The van der Waals surface area contributed by atoms with Crippen LogP contribution in [0.4, 0.5) is 18.3 Å². The summed E-state index contributed by atoms with van der Waals surface area (Å²) in [5, 5.41) is 7.04. The van der Waals surface area contributed by atoms with Crippen LogP contribution in [0.2, 0.25) is 0 Å². The highest BCUT2D eigenvalue weighted by molar-refractivity contribution is 7.16. The molecule has 0 atom stereocenters. The highest BCUT2D eigenvalue weighted by Gasteiger charge is 2.30. The van der Waals surface area contributed by atoms with Crippen LogP contribution in [0.3, 0.4) is 0 Å². The number of carbonyl (C=O) groups excluding carboxylic acids is 1. The number of anilines is 1. The topological polar surface area (TPSA) is 77.0 Å². The quantitative estimate of drug-likeness (QED) is 0.651. The molecule has 142 valence electrons. The Morgan fingerprint density at radius 3 is 2.67 bits per heavy atom. The van der Waals surface area contributed by atoms with Crippen molar-refractivity contribution in [1.82, 2.24) is 14.6 Å². The predicted molar refractivity (Wildman–Crippen MR) is 95.3 cm³/mol. The second kappa shape index (κ2) is 8.01. The van der Waals surface area contributed by atoms with Crippen LogP contribution in [0.15, 0.2) is 30.5 Å². The highest BCUT2D eigenvalue weighted by atomic mass is 32.1. The summed E-state index contributed by atoms with van der Waals surface area (Å²) in [6.45, 7) is 1.89. The van der Waals surface area contributed by atoms with E-state index < -0.39 is 6.36 Å². The zero-order chi connectivity index (χ0) is 19.4. The number of amides is 1. The molecule has 2 aromatic heterocycles. The van der Waals surface area contributed by atoms with E-state index in [9.17, 15) is 18.0 Å². The summed E-state index contributed by atoms with van der Waals surface area (Å²) in [7, 11) is 0. The minimum Gasteiger partial charge on any atom is -0.406 e. The first-order valence-electron chi connectivity index (χ1n) is 7.76. The fraction of sp³-hybridized carbons (Fsp3) is 0.250. The SMILES string of the molecule is CCc1nnsc1C(=O)Nc1ncc(Cc2ccc(OC(F)(F)F)cc2)s1. The van der Waals surface area contributed by atoms with Crippen LogP contribution in [0.25, 0.3) is 0 Å². The Morgan fingerprint density at radius 1 is 1.26 bits per heavy atom. The van der Waals surface area contributed by atoms with Crippen molar-refractivity contribution in [3.63, 3.8) is 0 Å². The van der Waals surface area contributed by atoms with E-state index >= 15 is 0 Å². The number of aryl methyl sites for hydroxylation is 1. The molecule has 0 spiro atoms. The Morgan fingerprint density at radius 2 is 2.00 bits per heavy atom. The van der Waals surface area contributed by atoms with Gasteiger partial charge in [-0.25, -0.2) is 4.98 Å². The van der Waals surface area contributed by atoms with Gasteiger partial charge in [0.15, 0.2) is 5.13 Å². The zero-order valence-corrected chi connectivity index (χ0v) is 15.5. The number of nitrogens with zero attached hydrogens (tertiary/aromatic N) is 3. The smallest absolute Gasteiger partial charge is 0.406 e. The van der Waals surface area contributed by atoms with Crippen molar-refractivity contribution in [3.8, 4) is 5.75 Å². The maximum atomic E-state index is 12.3. The number of carbonyl (C=O) groups is 1. The average Bonchev–Trinajstić information content (AvgIpc) is 3.24. The number of thiazole rings is 1. The number of nitrogens with one attached hydrogen (secondary N) is 1. The van der Waals surface area contributed by atoms with Crippen LogP contribution in [0, 0.1) is 0 Å². The van der Waals surface area contributed by atoms with Gasteiger partial charge >= 0.3 is 6.36 Å². The maximum absolute atomic E-state index is 12.3. The van der Waals surface area contributed by atoms with Gasteiger partial charge in [0.25, 0.3) is 5.91 Å². The summed E-state index contributed by atoms with van der Waals surface area (Å²) in [5.41, 5.74) is 1.43. The summed E-state index contributed by atoms with van der Waals surface area (Å²) >= 11 is 2.32. The van der Waals surface area contributed by atoms with Crippen molar-refractivity contribution in [2.24, 2.45) is 0 Å². The van der Waals surface area contributed by atoms with Gasteiger partial charge in [0.2, 0.25) is 0 Å². The van der Waals surface area contributed by atoms with E-state index in [-0.39, 0.29) is 11.7 Å². The van der Waals surface area contributed by atoms with Crippen LogP contribution in [-0.4, -0.2) is 26.8 Å². The minimum absolute atomic E-state index is 0.270. The monoisotopic (exact) mass is 414 g/mol. The Balaban J connectivity index is 1.62. The van der Waals surface area contributed by atoms with E-state index in [2.05, 4.69) is 24.6 Å². The molecule has 0 bridgehead atoms. The van der Waals surface area contributed by atoms with Gasteiger partial charge in [-0.05, 0) is 35.6 Å². The van der Waals surface area contributed by atoms with Gasteiger partial charge < -0.3 is 4.74 Å². The standard InChI is InChI=1S/C16H13F3N4O2S2/c1-2-12-13(27-23-22-12)14(24)21-15-20-8-11(26-15)7-9-3-5-10(6-4-9)25-16(17,18)19/h3-6,8H,2,7H2,1H3,(H,20,21,24). The third-order valence-electron chi connectivity index (χ3n) is 3.41. The lowest BCUT2D eigenvalue weighted by Gasteiger charge is -2.08. The number of ether oxygens (including phenoxy) is 1. The first-order chi connectivity index (χ1) is 12.8. The number of alkyl halides is 3. The fourth-order valence-corrected chi connectivity index (χ4v) is 3.71. The van der Waals surface area contributed by atoms with Crippen molar-refractivity contribution in [3.05, 3.63) is 51.5 Å². The number of rotatable bonds is 6. The molecule has 27 heavy (non-hydrogen) atoms. The van der Waals surface area contributed by atoms with Gasteiger partial charge in [-0.3, -0.25) is 10.1 Å². The second-order valence-electron chi connectivity index (χ2n) is 5.36. The van der Waals surface area contributed by atoms with Crippen molar-refractivity contribution < 1.29 is 22.7 Å². The number of hydrogen-bond donors (Lipinski definition) is 1. The highest BCUT2D eigenvalue weighted by Crippen LogP contribution is 2.26. The molecule has 0 unspecified atom stereocenters. The molecule has 6 nitrogen and oxygen atoms in total. The normalized spacial score (nSPS) is 11.4. The molecule has 11 heteroatoms. The van der Waals surface area contributed by atoms with E-state index in [0.717, 1.165) is 22.0 Å². The maximum Gasteiger partial charge on any atom is 0.573 e. The summed E-state index contributed by atoms with van der Waals surface area (Å²) in [6, 6.07) is 5.62. The predicted octanol–water partition coefficient (Wildman–Crippen LogP) is 4.30. The van der Waals surface area contributed by atoms with Gasteiger partial charge in [0, 0.05) is 17.5 Å². The summed E-state index contributed by atoms with van der Waals surface area (Å²) in [4.78, 5) is 17.7. The molecule has 0 aliphatic heterocycles. The van der Waals surface area contributed by atoms with Crippen molar-refractivity contribution in [2.45, 2.75) is 26.1 Å². The Kier molecular flexibility index (Phi) is 5.71. The zero-order valence-electron chi connectivity index (χ0n) is 13.9. The Bertz CT molecular complexity index is 922. The second-order valence-corrected chi connectivity index (χ2v) is 7.23. The van der Waals surface area contributed by atoms with Gasteiger partial charge in [-0.2, -0.15) is 0 Å².